The Morgan fingerprint density at radius 3 is 1.97 bits per heavy atom. The van der Waals surface area contributed by atoms with E-state index in [-0.39, 0.29) is 18.9 Å². The van der Waals surface area contributed by atoms with Crippen LogP contribution in [0.2, 0.25) is 0 Å². The third-order valence-electron chi connectivity index (χ3n) is 3.83. The van der Waals surface area contributed by atoms with Crippen LogP contribution in [0.25, 0.3) is 0 Å². The average molecular weight is 501 g/mol. The first kappa shape index (κ1) is 30.0. The van der Waals surface area contributed by atoms with Gasteiger partial charge in [0, 0.05) is 12.7 Å². The largest absolute Gasteiger partial charge is 0.481 e. The quantitative estimate of drug-likeness (QED) is 0.169. The number of anilines is 1. The number of nitrogens with one attached hydrogen (secondary N) is 3. The fraction of sp³-hybridized carbons (Fsp3) is 0.636. The highest BCUT2D eigenvalue weighted by Gasteiger charge is 2.15. The van der Waals surface area contributed by atoms with Crippen LogP contribution in [-0.2, 0) is 28.5 Å². The van der Waals surface area contributed by atoms with Crippen LogP contribution >= 0.6 is 0 Å². The molecule has 0 fully saturated rings. The molecular formula is C22H36N4O9. The Morgan fingerprint density at radius 2 is 1.46 bits per heavy atom. The predicted molar refractivity (Wildman–Crippen MR) is 125 cm³/mol. The molecule has 0 bridgehead atoms. The molecule has 1 rings (SSSR count). The lowest BCUT2D eigenvalue weighted by atomic mass is 10.2. The summed E-state index contributed by atoms with van der Waals surface area (Å²) >= 11 is 0. The van der Waals surface area contributed by atoms with Crippen molar-refractivity contribution in [1.82, 2.24) is 15.7 Å². The highest BCUT2D eigenvalue weighted by molar-refractivity contribution is 5.94. The number of carboxylic acids is 1. The van der Waals surface area contributed by atoms with Gasteiger partial charge in [0.15, 0.2) is 0 Å². The Labute approximate surface area is 204 Å². The maximum absolute atomic E-state index is 12.1. The summed E-state index contributed by atoms with van der Waals surface area (Å²) in [5.41, 5.74) is 4.71. The highest BCUT2D eigenvalue weighted by Crippen LogP contribution is 2.07. The number of pyridine rings is 1. The van der Waals surface area contributed by atoms with Gasteiger partial charge in [0.2, 0.25) is 0 Å². The molecule has 0 saturated carbocycles. The summed E-state index contributed by atoms with van der Waals surface area (Å²) in [6.07, 6.45) is 0.718. The fourth-order valence-corrected chi connectivity index (χ4v) is 2.28. The van der Waals surface area contributed by atoms with Gasteiger partial charge in [-0.2, -0.15) is 0 Å². The second-order valence-electron chi connectivity index (χ2n) is 8.03. The lowest BCUT2D eigenvalue weighted by molar-refractivity contribution is -0.138. The first-order valence-corrected chi connectivity index (χ1v) is 11.2. The number of carboxylic acid groups (broad SMARTS) is 1. The molecule has 2 amide bonds. The van der Waals surface area contributed by atoms with E-state index in [9.17, 15) is 14.4 Å². The third-order valence-corrected chi connectivity index (χ3v) is 3.83. The van der Waals surface area contributed by atoms with Crippen molar-refractivity contribution in [3.8, 4) is 0 Å². The molecule has 0 aromatic carbocycles. The van der Waals surface area contributed by atoms with Crippen LogP contribution in [-0.4, -0.2) is 93.1 Å². The molecule has 0 radical (unpaired) electrons. The Hall–Kier alpha value is -3.00. The van der Waals surface area contributed by atoms with Crippen molar-refractivity contribution in [3.05, 3.63) is 23.9 Å². The van der Waals surface area contributed by atoms with Crippen molar-refractivity contribution in [2.75, 3.05) is 64.8 Å². The average Bonchev–Trinajstić information content (AvgIpc) is 2.79. The summed E-state index contributed by atoms with van der Waals surface area (Å²) in [7, 11) is 0. The maximum Gasteiger partial charge on any atom is 0.426 e. The molecule has 198 valence electrons. The Balaban J connectivity index is 2.00. The van der Waals surface area contributed by atoms with Crippen LogP contribution in [0.15, 0.2) is 18.3 Å². The number of hydrogen-bond acceptors (Lipinski definition) is 10. The van der Waals surface area contributed by atoms with Crippen molar-refractivity contribution in [3.63, 3.8) is 0 Å². The van der Waals surface area contributed by atoms with Gasteiger partial charge in [0.05, 0.1) is 64.8 Å². The molecule has 13 heteroatoms. The van der Waals surface area contributed by atoms with Crippen molar-refractivity contribution in [1.29, 1.82) is 0 Å². The molecule has 0 aliphatic rings. The van der Waals surface area contributed by atoms with Gasteiger partial charge in [-0.1, -0.05) is 0 Å². The van der Waals surface area contributed by atoms with Crippen molar-refractivity contribution >= 4 is 23.8 Å². The summed E-state index contributed by atoms with van der Waals surface area (Å²) in [6, 6.07) is 3.12. The van der Waals surface area contributed by atoms with Crippen LogP contribution in [0.1, 0.15) is 37.6 Å². The number of carbonyl (C=O) groups excluding carboxylic acids is 2. The molecule has 0 aliphatic carbocycles. The number of carbonyl (C=O) groups is 3. The second kappa shape index (κ2) is 17.4. The molecule has 35 heavy (non-hydrogen) atoms. The van der Waals surface area contributed by atoms with Crippen LogP contribution in [0.5, 0.6) is 0 Å². The van der Waals surface area contributed by atoms with Gasteiger partial charge in [-0.3, -0.25) is 15.0 Å². The van der Waals surface area contributed by atoms with E-state index in [0.29, 0.717) is 64.2 Å². The van der Waals surface area contributed by atoms with Crippen molar-refractivity contribution in [2.24, 2.45) is 0 Å². The normalized spacial score (nSPS) is 11.1. The monoisotopic (exact) mass is 500 g/mol. The summed E-state index contributed by atoms with van der Waals surface area (Å²) in [5.74, 6) is -0.838. The first-order chi connectivity index (χ1) is 16.7. The van der Waals surface area contributed by atoms with Crippen LogP contribution in [0.4, 0.5) is 10.6 Å². The molecule has 0 spiro atoms. The molecule has 0 saturated heterocycles. The SMILES string of the molecule is CC(C)(C)OC(=O)NNc1ccc(C(=O)NCCOCCOCCOCCOCCC(=O)O)cn1. The van der Waals surface area contributed by atoms with E-state index in [0.717, 1.165) is 0 Å². The standard InChI is InChI=1S/C22H36N4O9/c1-22(2,3)35-21(30)26-25-18-5-4-17(16-24-18)20(29)23-7-9-32-11-13-34-15-14-33-12-10-31-8-6-19(27)28/h4-5,16H,6-15H2,1-3H3,(H,23,29)(H,24,25)(H,26,30)(H,27,28). The van der Waals surface area contributed by atoms with Gasteiger partial charge in [-0.25, -0.2) is 15.2 Å². The highest BCUT2D eigenvalue weighted by atomic mass is 16.6. The summed E-state index contributed by atoms with van der Waals surface area (Å²) < 4.78 is 26.2. The van der Waals surface area contributed by atoms with Gasteiger partial charge in [0.25, 0.3) is 5.91 Å². The third kappa shape index (κ3) is 17.1. The number of aliphatic carboxylic acids is 1. The molecule has 0 atom stereocenters. The van der Waals surface area contributed by atoms with Gasteiger partial charge in [-0.15, -0.1) is 0 Å². The summed E-state index contributed by atoms with van der Waals surface area (Å²) in [6.45, 7) is 8.36. The van der Waals surface area contributed by atoms with E-state index >= 15 is 0 Å². The number of amides is 2. The summed E-state index contributed by atoms with van der Waals surface area (Å²) in [5, 5.41) is 11.2. The van der Waals surface area contributed by atoms with Crippen molar-refractivity contribution < 1.29 is 43.2 Å². The molecule has 1 aromatic heterocycles. The van der Waals surface area contributed by atoms with E-state index in [2.05, 4.69) is 21.2 Å². The number of nitrogens with zero attached hydrogens (tertiary/aromatic N) is 1. The lowest BCUT2D eigenvalue weighted by Gasteiger charge is -2.19. The zero-order chi connectivity index (χ0) is 25.9. The zero-order valence-electron chi connectivity index (χ0n) is 20.5. The molecular weight excluding hydrogens is 464 g/mol. The topological polar surface area (TPSA) is 167 Å². The Morgan fingerprint density at radius 1 is 0.886 bits per heavy atom. The molecule has 4 N–H and O–H groups in total. The Bertz CT molecular complexity index is 754. The van der Waals surface area contributed by atoms with Crippen molar-refractivity contribution in [2.45, 2.75) is 32.8 Å². The minimum absolute atomic E-state index is 0.0224. The number of rotatable bonds is 18. The molecule has 1 heterocycles. The van der Waals surface area contributed by atoms with E-state index in [1.807, 2.05) is 0 Å². The van der Waals surface area contributed by atoms with E-state index in [1.165, 1.54) is 6.20 Å². The van der Waals surface area contributed by atoms with Gasteiger partial charge >= 0.3 is 12.1 Å². The van der Waals surface area contributed by atoms with E-state index < -0.39 is 17.7 Å². The van der Waals surface area contributed by atoms with E-state index in [4.69, 9.17) is 28.8 Å². The van der Waals surface area contributed by atoms with Gasteiger partial charge in [-0.05, 0) is 32.9 Å². The fourth-order valence-electron chi connectivity index (χ4n) is 2.28. The Kier molecular flexibility index (Phi) is 15.0. The number of ether oxygens (including phenoxy) is 5. The minimum Gasteiger partial charge on any atom is -0.481 e. The van der Waals surface area contributed by atoms with Crippen LogP contribution < -0.4 is 16.2 Å². The number of hydrazine groups is 1. The number of aromatic nitrogens is 1. The van der Waals surface area contributed by atoms with Gasteiger partial charge in [0.1, 0.15) is 11.4 Å². The lowest BCUT2D eigenvalue weighted by Crippen LogP contribution is -2.36. The van der Waals surface area contributed by atoms with E-state index in [1.54, 1.807) is 32.9 Å². The predicted octanol–water partition coefficient (Wildman–Crippen LogP) is 1.20. The molecule has 13 nitrogen and oxygen atoms in total. The smallest absolute Gasteiger partial charge is 0.426 e. The minimum atomic E-state index is -0.892. The summed E-state index contributed by atoms with van der Waals surface area (Å²) in [4.78, 5) is 38.1. The second-order valence-corrected chi connectivity index (χ2v) is 8.03. The molecule has 0 aliphatic heterocycles. The molecule has 1 aromatic rings. The molecule has 0 unspecified atom stereocenters. The van der Waals surface area contributed by atoms with Crippen LogP contribution in [0.3, 0.4) is 0 Å². The zero-order valence-corrected chi connectivity index (χ0v) is 20.5. The maximum atomic E-state index is 12.1. The van der Waals surface area contributed by atoms with Gasteiger partial charge < -0.3 is 34.1 Å². The van der Waals surface area contributed by atoms with Crippen LogP contribution in [0, 0.1) is 0 Å². The number of hydrogen-bond donors (Lipinski definition) is 4. The first-order valence-electron chi connectivity index (χ1n) is 11.2.